The van der Waals surface area contributed by atoms with Crippen LogP contribution in [0.15, 0.2) is 12.7 Å². The van der Waals surface area contributed by atoms with E-state index in [0.717, 1.165) is 6.54 Å². The molecule has 5 heteroatoms. The van der Waals surface area contributed by atoms with Gasteiger partial charge >= 0.3 is 0 Å². The molecule has 1 saturated heterocycles. The third kappa shape index (κ3) is 5.24. The molecule has 0 N–H and O–H groups in total. The van der Waals surface area contributed by atoms with Crippen LogP contribution in [0.5, 0.6) is 0 Å². The SMILES string of the molecule is C#CCN(CC=C)C(=O)[C@H]1CCC(=O)N(CCN(C)C)C1. The summed E-state index contributed by atoms with van der Waals surface area (Å²) in [6.07, 6.45) is 8.02. The lowest BCUT2D eigenvalue weighted by atomic mass is 9.96. The molecule has 0 unspecified atom stereocenters. The third-order valence-electron chi connectivity index (χ3n) is 3.61. The molecule has 0 aromatic carbocycles. The van der Waals surface area contributed by atoms with Gasteiger partial charge in [0.05, 0.1) is 12.5 Å². The topological polar surface area (TPSA) is 43.9 Å². The van der Waals surface area contributed by atoms with Crippen LogP contribution in [0.4, 0.5) is 0 Å². The van der Waals surface area contributed by atoms with Gasteiger partial charge in [0.2, 0.25) is 11.8 Å². The van der Waals surface area contributed by atoms with Gasteiger partial charge in [0.15, 0.2) is 0 Å². The highest BCUT2D eigenvalue weighted by Crippen LogP contribution is 2.19. The Labute approximate surface area is 127 Å². The Morgan fingerprint density at radius 1 is 1.57 bits per heavy atom. The first kappa shape index (κ1) is 17.3. The van der Waals surface area contributed by atoms with Crippen LogP contribution in [0, 0.1) is 18.3 Å². The van der Waals surface area contributed by atoms with Crippen molar-refractivity contribution < 1.29 is 9.59 Å². The number of carbonyl (C=O) groups excluding carboxylic acids is 2. The fraction of sp³-hybridized carbons (Fsp3) is 0.625. The van der Waals surface area contributed by atoms with E-state index in [2.05, 4.69) is 12.5 Å². The van der Waals surface area contributed by atoms with Gasteiger partial charge in [-0.3, -0.25) is 9.59 Å². The maximum Gasteiger partial charge on any atom is 0.228 e. The third-order valence-corrected chi connectivity index (χ3v) is 3.61. The summed E-state index contributed by atoms with van der Waals surface area (Å²) in [6, 6.07) is 0. The number of piperidine rings is 1. The lowest BCUT2D eigenvalue weighted by Crippen LogP contribution is -2.48. The molecule has 116 valence electrons. The van der Waals surface area contributed by atoms with Crippen LogP contribution in [0.1, 0.15) is 12.8 Å². The first-order chi connectivity index (χ1) is 9.99. The molecular formula is C16H25N3O2. The molecule has 1 rings (SSSR count). The highest BCUT2D eigenvalue weighted by atomic mass is 16.2. The van der Waals surface area contributed by atoms with Gasteiger partial charge in [-0.05, 0) is 20.5 Å². The highest BCUT2D eigenvalue weighted by Gasteiger charge is 2.32. The number of likely N-dealkylation sites (N-methyl/N-ethyl adjacent to an activating group) is 1. The van der Waals surface area contributed by atoms with E-state index >= 15 is 0 Å². The zero-order valence-electron chi connectivity index (χ0n) is 13.0. The Balaban J connectivity index is 2.65. The van der Waals surface area contributed by atoms with Gasteiger partial charge in [-0.25, -0.2) is 0 Å². The maximum absolute atomic E-state index is 12.5. The molecule has 2 amide bonds. The van der Waals surface area contributed by atoms with E-state index in [4.69, 9.17) is 6.42 Å². The molecule has 0 saturated carbocycles. The molecule has 0 radical (unpaired) electrons. The largest absolute Gasteiger partial charge is 0.341 e. The lowest BCUT2D eigenvalue weighted by molar-refractivity contribution is -0.142. The molecule has 1 heterocycles. The monoisotopic (exact) mass is 291 g/mol. The maximum atomic E-state index is 12.5. The van der Waals surface area contributed by atoms with Crippen molar-refractivity contribution in [2.45, 2.75) is 12.8 Å². The van der Waals surface area contributed by atoms with Gasteiger partial charge in [-0.1, -0.05) is 12.0 Å². The van der Waals surface area contributed by atoms with Crippen molar-refractivity contribution >= 4 is 11.8 Å². The number of rotatable bonds is 7. The highest BCUT2D eigenvalue weighted by molar-refractivity contribution is 5.84. The van der Waals surface area contributed by atoms with Gasteiger partial charge in [-0.15, -0.1) is 13.0 Å². The van der Waals surface area contributed by atoms with E-state index in [-0.39, 0.29) is 24.3 Å². The van der Waals surface area contributed by atoms with E-state index in [1.165, 1.54) is 0 Å². The van der Waals surface area contributed by atoms with Gasteiger partial charge < -0.3 is 14.7 Å². The molecule has 0 spiro atoms. The first-order valence-corrected chi connectivity index (χ1v) is 7.25. The fourth-order valence-electron chi connectivity index (χ4n) is 2.41. The summed E-state index contributed by atoms with van der Waals surface area (Å²) < 4.78 is 0. The van der Waals surface area contributed by atoms with Gasteiger partial charge in [0.1, 0.15) is 0 Å². The van der Waals surface area contributed by atoms with E-state index in [0.29, 0.717) is 32.5 Å². The first-order valence-electron chi connectivity index (χ1n) is 7.25. The number of hydrogen-bond acceptors (Lipinski definition) is 3. The molecule has 0 aromatic rings. The van der Waals surface area contributed by atoms with Crippen LogP contribution in [-0.2, 0) is 9.59 Å². The van der Waals surface area contributed by atoms with Crippen molar-refractivity contribution in [3.8, 4) is 12.3 Å². The Bertz CT molecular complexity index is 426. The minimum atomic E-state index is -0.154. The van der Waals surface area contributed by atoms with Gasteiger partial charge in [-0.2, -0.15) is 0 Å². The molecular weight excluding hydrogens is 266 g/mol. The summed E-state index contributed by atoms with van der Waals surface area (Å²) in [4.78, 5) is 29.9. The Morgan fingerprint density at radius 2 is 2.29 bits per heavy atom. The minimum absolute atomic E-state index is 0.0233. The normalized spacial score (nSPS) is 18.5. The summed E-state index contributed by atoms with van der Waals surface area (Å²) in [7, 11) is 3.94. The Morgan fingerprint density at radius 3 is 2.86 bits per heavy atom. The standard InChI is InChI=1S/C16H25N3O2/c1-5-9-18(10-6-2)16(21)14-7-8-15(20)19(13-14)12-11-17(3)4/h1,6,14H,2,7-13H2,3-4H3/t14-/m0/s1. The number of terminal acetylenes is 1. The number of hydrogen-bond donors (Lipinski definition) is 0. The van der Waals surface area contributed by atoms with E-state index in [1.54, 1.807) is 15.9 Å². The lowest BCUT2D eigenvalue weighted by Gasteiger charge is -2.34. The predicted molar refractivity (Wildman–Crippen MR) is 83.5 cm³/mol. The zero-order chi connectivity index (χ0) is 15.8. The molecule has 0 aromatic heterocycles. The smallest absolute Gasteiger partial charge is 0.228 e. The quantitative estimate of drug-likeness (QED) is 0.505. The second kappa shape index (κ2) is 8.48. The average molecular weight is 291 g/mol. The van der Waals surface area contributed by atoms with Crippen molar-refractivity contribution in [1.82, 2.24) is 14.7 Å². The average Bonchev–Trinajstić information content (AvgIpc) is 2.45. The Hall–Kier alpha value is -1.80. The second-order valence-electron chi connectivity index (χ2n) is 5.59. The van der Waals surface area contributed by atoms with Crippen LogP contribution < -0.4 is 0 Å². The summed E-state index contributed by atoms with van der Waals surface area (Å²) in [6.45, 7) is 6.34. The van der Waals surface area contributed by atoms with Crippen molar-refractivity contribution in [3.05, 3.63) is 12.7 Å². The van der Waals surface area contributed by atoms with Crippen molar-refractivity contribution in [2.75, 3.05) is 46.8 Å². The number of likely N-dealkylation sites (tertiary alicyclic amines) is 1. The van der Waals surface area contributed by atoms with Crippen LogP contribution in [0.25, 0.3) is 0 Å². The fourth-order valence-corrected chi connectivity index (χ4v) is 2.41. The molecule has 1 aliphatic heterocycles. The Kier molecular flexibility index (Phi) is 6.97. The second-order valence-corrected chi connectivity index (χ2v) is 5.59. The predicted octanol–water partition coefficient (Wildman–Crippen LogP) is 0.434. The van der Waals surface area contributed by atoms with Gasteiger partial charge in [0.25, 0.3) is 0 Å². The van der Waals surface area contributed by atoms with E-state index in [1.807, 2.05) is 19.0 Å². The molecule has 21 heavy (non-hydrogen) atoms. The number of amides is 2. The molecule has 5 nitrogen and oxygen atoms in total. The molecule has 0 bridgehead atoms. The molecule has 0 aliphatic carbocycles. The summed E-state index contributed by atoms with van der Waals surface area (Å²) in [5.74, 6) is 2.50. The van der Waals surface area contributed by atoms with E-state index < -0.39 is 0 Å². The van der Waals surface area contributed by atoms with Crippen molar-refractivity contribution in [3.63, 3.8) is 0 Å². The van der Waals surface area contributed by atoms with Crippen molar-refractivity contribution in [2.24, 2.45) is 5.92 Å². The summed E-state index contributed by atoms with van der Waals surface area (Å²) >= 11 is 0. The summed E-state index contributed by atoms with van der Waals surface area (Å²) in [5.41, 5.74) is 0. The van der Waals surface area contributed by atoms with Crippen LogP contribution in [0.2, 0.25) is 0 Å². The zero-order valence-corrected chi connectivity index (χ0v) is 13.0. The molecule has 1 aliphatic rings. The molecule has 1 fully saturated rings. The number of nitrogens with zero attached hydrogens (tertiary/aromatic N) is 3. The summed E-state index contributed by atoms with van der Waals surface area (Å²) in [5, 5.41) is 0. The van der Waals surface area contributed by atoms with Crippen LogP contribution in [-0.4, -0.2) is 73.3 Å². The van der Waals surface area contributed by atoms with Gasteiger partial charge in [0, 0.05) is 32.6 Å². The van der Waals surface area contributed by atoms with Crippen molar-refractivity contribution in [1.29, 1.82) is 0 Å². The molecule has 1 atom stereocenters. The number of carbonyl (C=O) groups is 2. The van der Waals surface area contributed by atoms with E-state index in [9.17, 15) is 9.59 Å². The minimum Gasteiger partial charge on any atom is -0.341 e. The van der Waals surface area contributed by atoms with Crippen LogP contribution >= 0.6 is 0 Å². The van der Waals surface area contributed by atoms with Crippen LogP contribution in [0.3, 0.4) is 0 Å².